The number of hydrogen-bond donors (Lipinski definition) is 1. The Bertz CT molecular complexity index is 1220. The first-order valence-electron chi connectivity index (χ1n) is 11.9. The molecule has 2 fully saturated rings. The maximum absolute atomic E-state index is 12.5. The first-order valence-corrected chi connectivity index (χ1v) is 12.3. The van der Waals surface area contributed by atoms with Gasteiger partial charge in [-0.3, -0.25) is 4.98 Å². The number of aryl methyl sites for hydroxylation is 1. The molecule has 7 heteroatoms. The third kappa shape index (κ3) is 3.78. The number of methoxy groups -OCH3 is 1. The maximum atomic E-state index is 12.5. The third-order valence-electron chi connectivity index (χ3n) is 7.19. The van der Waals surface area contributed by atoms with Crippen molar-refractivity contribution in [1.82, 2.24) is 19.8 Å². The molecule has 1 saturated heterocycles. The lowest BCUT2D eigenvalue weighted by Gasteiger charge is -2.33. The molecule has 3 aromatic rings. The lowest BCUT2D eigenvalue weighted by atomic mass is 9.95. The first-order chi connectivity index (χ1) is 16.5. The number of rotatable bonds is 5. The van der Waals surface area contributed by atoms with E-state index in [0.717, 1.165) is 40.7 Å². The number of esters is 1. The second kappa shape index (κ2) is 9.22. The largest absolute Gasteiger partial charge is 0.465 e. The molecule has 0 bridgehead atoms. The van der Waals surface area contributed by atoms with Gasteiger partial charge in [0.15, 0.2) is 5.11 Å². The summed E-state index contributed by atoms with van der Waals surface area (Å²) in [5.41, 5.74) is 5.71. The number of benzene rings is 1. The summed E-state index contributed by atoms with van der Waals surface area (Å²) in [7, 11) is 1.42. The van der Waals surface area contributed by atoms with Crippen LogP contribution in [-0.4, -0.2) is 38.7 Å². The van der Waals surface area contributed by atoms with Crippen LogP contribution in [0.5, 0.6) is 0 Å². The van der Waals surface area contributed by atoms with Crippen LogP contribution >= 0.6 is 12.2 Å². The van der Waals surface area contributed by atoms with Crippen molar-refractivity contribution >= 4 is 23.3 Å². The molecular weight excluding hydrogens is 444 g/mol. The predicted molar refractivity (Wildman–Crippen MR) is 136 cm³/mol. The van der Waals surface area contributed by atoms with Crippen LogP contribution in [0.25, 0.3) is 5.69 Å². The number of carbonyl (C=O) groups excluding carboxylic acids is 1. The zero-order valence-corrected chi connectivity index (χ0v) is 20.6. The fourth-order valence-corrected chi connectivity index (χ4v) is 6.07. The average Bonchev–Trinajstić information content (AvgIpc) is 3.57. The van der Waals surface area contributed by atoms with Crippen molar-refractivity contribution in [3.8, 4) is 5.69 Å². The van der Waals surface area contributed by atoms with Gasteiger partial charge in [-0.05, 0) is 74.8 Å². The molecule has 2 aliphatic rings. The van der Waals surface area contributed by atoms with Crippen molar-refractivity contribution in [3.63, 3.8) is 0 Å². The van der Waals surface area contributed by atoms with E-state index >= 15 is 0 Å². The molecule has 6 nitrogen and oxygen atoms in total. The highest BCUT2D eigenvalue weighted by Gasteiger charge is 2.44. The van der Waals surface area contributed by atoms with Gasteiger partial charge in [0.2, 0.25) is 0 Å². The van der Waals surface area contributed by atoms with E-state index in [2.05, 4.69) is 45.7 Å². The Morgan fingerprint density at radius 1 is 1.12 bits per heavy atom. The molecule has 1 aliphatic heterocycles. The molecule has 0 amide bonds. The van der Waals surface area contributed by atoms with Crippen LogP contribution in [0.1, 0.15) is 70.8 Å². The number of aromatic nitrogens is 2. The normalized spacial score (nSPS) is 20.6. The zero-order chi connectivity index (χ0) is 23.8. The van der Waals surface area contributed by atoms with E-state index in [4.69, 9.17) is 17.0 Å². The summed E-state index contributed by atoms with van der Waals surface area (Å²) in [6, 6.07) is 16.3. The number of para-hydroxylation sites is 1. The summed E-state index contributed by atoms with van der Waals surface area (Å²) in [5.74, 6) is -0.340. The Morgan fingerprint density at radius 3 is 2.56 bits per heavy atom. The average molecular weight is 475 g/mol. The van der Waals surface area contributed by atoms with E-state index < -0.39 is 0 Å². The van der Waals surface area contributed by atoms with E-state index in [1.807, 2.05) is 42.6 Å². The highest BCUT2D eigenvalue weighted by Crippen LogP contribution is 2.44. The van der Waals surface area contributed by atoms with Crippen molar-refractivity contribution in [2.75, 3.05) is 7.11 Å². The Labute approximate surface area is 205 Å². The van der Waals surface area contributed by atoms with Crippen LogP contribution in [0.3, 0.4) is 0 Å². The second-order valence-electron chi connectivity index (χ2n) is 9.14. The standard InChI is InChI=1S/C27H30N4O2S/c1-17-16-21(18(2)30(17)23-14-7-6-12-20(23)26(32)33-3)25-24(22-13-8-9-15-28-22)29-27(34)31(25)19-10-4-5-11-19/h6-9,12-16,19,24-25H,4-5,10-11H2,1-3H3,(H,29,34)/t24-,25+/m0/s1. The summed E-state index contributed by atoms with van der Waals surface area (Å²) in [5, 5.41) is 4.39. The summed E-state index contributed by atoms with van der Waals surface area (Å²) < 4.78 is 7.22. The summed E-state index contributed by atoms with van der Waals surface area (Å²) in [6.45, 7) is 4.21. The van der Waals surface area contributed by atoms with Crippen LogP contribution in [-0.2, 0) is 4.74 Å². The fraction of sp³-hybridized carbons (Fsp3) is 0.370. The molecule has 34 heavy (non-hydrogen) atoms. The minimum atomic E-state index is -0.340. The zero-order valence-electron chi connectivity index (χ0n) is 19.8. The topological polar surface area (TPSA) is 59.4 Å². The number of hydrogen-bond acceptors (Lipinski definition) is 4. The second-order valence-corrected chi connectivity index (χ2v) is 9.53. The van der Waals surface area contributed by atoms with Crippen LogP contribution in [0, 0.1) is 13.8 Å². The van der Waals surface area contributed by atoms with Gasteiger partial charge in [-0.1, -0.05) is 31.0 Å². The molecule has 0 radical (unpaired) electrons. The molecule has 176 valence electrons. The molecule has 1 aliphatic carbocycles. The smallest absolute Gasteiger partial charge is 0.339 e. The van der Waals surface area contributed by atoms with Crippen molar-refractivity contribution in [2.45, 2.75) is 57.7 Å². The molecule has 2 atom stereocenters. The third-order valence-corrected chi connectivity index (χ3v) is 7.52. The van der Waals surface area contributed by atoms with Gasteiger partial charge in [0.1, 0.15) is 0 Å². The van der Waals surface area contributed by atoms with Gasteiger partial charge in [-0.15, -0.1) is 0 Å². The van der Waals surface area contributed by atoms with E-state index in [-0.39, 0.29) is 18.1 Å². The summed E-state index contributed by atoms with van der Waals surface area (Å²) in [6.07, 6.45) is 6.60. The van der Waals surface area contributed by atoms with Gasteiger partial charge >= 0.3 is 5.97 Å². The van der Waals surface area contributed by atoms with Crippen LogP contribution < -0.4 is 5.32 Å². The lowest BCUT2D eigenvalue weighted by Crippen LogP contribution is -2.37. The molecule has 3 heterocycles. The minimum Gasteiger partial charge on any atom is -0.465 e. The van der Waals surface area contributed by atoms with Gasteiger partial charge < -0.3 is 19.5 Å². The number of pyridine rings is 1. The van der Waals surface area contributed by atoms with Crippen LogP contribution in [0.15, 0.2) is 54.7 Å². The van der Waals surface area contributed by atoms with Gasteiger partial charge in [-0.25, -0.2) is 4.79 Å². The monoisotopic (exact) mass is 474 g/mol. The van der Waals surface area contributed by atoms with Gasteiger partial charge in [0.05, 0.1) is 36.1 Å². The Hall–Kier alpha value is -3.19. The highest BCUT2D eigenvalue weighted by molar-refractivity contribution is 7.80. The Kier molecular flexibility index (Phi) is 6.13. The molecule has 1 N–H and O–H groups in total. The van der Waals surface area contributed by atoms with Crippen LogP contribution in [0.4, 0.5) is 0 Å². The molecule has 1 saturated carbocycles. The highest BCUT2D eigenvalue weighted by atomic mass is 32.1. The maximum Gasteiger partial charge on any atom is 0.339 e. The number of ether oxygens (including phenoxy) is 1. The molecule has 1 aromatic carbocycles. The van der Waals surface area contributed by atoms with E-state index in [1.165, 1.54) is 25.5 Å². The summed E-state index contributed by atoms with van der Waals surface area (Å²) >= 11 is 5.90. The number of nitrogens with one attached hydrogen (secondary N) is 1. The molecular formula is C27H30N4O2S. The molecule has 5 rings (SSSR count). The fourth-order valence-electron chi connectivity index (χ4n) is 5.68. The van der Waals surface area contributed by atoms with Crippen molar-refractivity contribution in [3.05, 3.63) is 82.9 Å². The van der Waals surface area contributed by atoms with Gasteiger partial charge in [0, 0.05) is 23.6 Å². The quantitative estimate of drug-likeness (QED) is 0.406. The lowest BCUT2D eigenvalue weighted by molar-refractivity contribution is 0.0600. The predicted octanol–water partition coefficient (Wildman–Crippen LogP) is 5.19. The van der Waals surface area contributed by atoms with E-state index in [0.29, 0.717) is 11.6 Å². The SMILES string of the molecule is COC(=O)c1ccccc1-n1c(C)cc([C@@H]2[C@H](c3ccccn3)NC(=S)N2C2CCCC2)c1C. The number of carbonyl (C=O) groups is 1. The van der Waals surface area contributed by atoms with Crippen molar-refractivity contribution in [1.29, 1.82) is 0 Å². The Morgan fingerprint density at radius 2 is 1.85 bits per heavy atom. The first kappa shape index (κ1) is 22.6. The molecule has 0 spiro atoms. The van der Waals surface area contributed by atoms with E-state index in [1.54, 1.807) is 0 Å². The van der Waals surface area contributed by atoms with Gasteiger partial charge in [-0.2, -0.15) is 0 Å². The van der Waals surface area contributed by atoms with E-state index in [9.17, 15) is 4.79 Å². The van der Waals surface area contributed by atoms with Crippen molar-refractivity contribution in [2.24, 2.45) is 0 Å². The number of thiocarbonyl (C=S) groups is 1. The minimum absolute atomic E-state index is 0.0238. The Balaban J connectivity index is 1.65. The summed E-state index contributed by atoms with van der Waals surface area (Å²) in [4.78, 5) is 19.6. The van der Waals surface area contributed by atoms with Gasteiger partial charge in [0.25, 0.3) is 0 Å². The van der Waals surface area contributed by atoms with Crippen molar-refractivity contribution < 1.29 is 9.53 Å². The van der Waals surface area contributed by atoms with Crippen LogP contribution in [0.2, 0.25) is 0 Å². The number of nitrogens with zero attached hydrogens (tertiary/aromatic N) is 3. The molecule has 2 aromatic heterocycles. The molecule has 0 unspecified atom stereocenters.